The van der Waals surface area contributed by atoms with Crippen LogP contribution >= 0.6 is 23.1 Å². The average Bonchev–Trinajstić information content (AvgIpc) is 3.19. The van der Waals surface area contributed by atoms with E-state index >= 15 is 0 Å². The molecule has 1 amide bonds. The maximum absolute atomic E-state index is 12.5. The minimum atomic E-state index is -0.0426. The van der Waals surface area contributed by atoms with Gasteiger partial charge in [-0.15, -0.1) is 11.3 Å². The van der Waals surface area contributed by atoms with Crippen LogP contribution in [0.25, 0.3) is 21.3 Å². The molecular formula is C24H23N3OS2. The quantitative estimate of drug-likeness (QED) is 0.288. The van der Waals surface area contributed by atoms with Gasteiger partial charge in [-0.2, -0.15) is 0 Å². The third kappa shape index (κ3) is 4.40. The fraction of sp³-hybridized carbons (Fsp3) is 0.208. The van der Waals surface area contributed by atoms with Crippen molar-refractivity contribution in [2.45, 2.75) is 32.2 Å². The van der Waals surface area contributed by atoms with Crippen molar-refractivity contribution >= 4 is 44.9 Å². The van der Waals surface area contributed by atoms with Gasteiger partial charge in [-0.05, 0) is 54.7 Å². The number of fused-ring (bicyclic) bond motifs is 1. The van der Waals surface area contributed by atoms with Gasteiger partial charge in [0.05, 0.1) is 11.1 Å². The normalized spacial score (nSPS) is 11.0. The Morgan fingerprint density at radius 2 is 1.87 bits per heavy atom. The molecule has 0 aliphatic heterocycles. The third-order valence-corrected chi connectivity index (χ3v) is 7.02. The number of carbonyl (C=O) groups is 1. The summed E-state index contributed by atoms with van der Waals surface area (Å²) in [5, 5.41) is 6.96. The molecule has 0 fully saturated rings. The number of rotatable bonds is 6. The van der Waals surface area contributed by atoms with E-state index in [9.17, 15) is 4.79 Å². The van der Waals surface area contributed by atoms with Gasteiger partial charge in [0.25, 0.3) is 0 Å². The van der Waals surface area contributed by atoms with Crippen LogP contribution in [0.5, 0.6) is 0 Å². The summed E-state index contributed by atoms with van der Waals surface area (Å²) in [6.07, 6.45) is 2.56. The van der Waals surface area contributed by atoms with Gasteiger partial charge in [-0.25, -0.2) is 9.97 Å². The molecule has 2 heterocycles. The molecule has 6 heteroatoms. The fourth-order valence-electron chi connectivity index (χ4n) is 3.23. The van der Waals surface area contributed by atoms with Gasteiger partial charge in [-0.3, -0.25) is 4.79 Å². The summed E-state index contributed by atoms with van der Waals surface area (Å²) < 4.78 is 0. The van der Waals surface area contributed by atoms with E-state index < -0.39 is 0 Å². The van der Waals surface area contributed by atoms with Gasteiger partial charge in [0, 0.05) is 16.6 Å². The number of hydrogen-bond donors (Lipinski definition) is 1. The van der Waals surface area contributed by atoms with Crippen molar-refractivity contribution in [3.63, 3.8) is 0 Å². The molecule has 4 rings (SSSR count). The SMILES string of the molecule is CCc1ccc(NC(=O)CSc2ncnc3scc(-c4ccc(C)c(C)c4)c23)cc1. The molecule has 30 heavy (non-hydrogen) atoms. The summed E-state index contributed by atoms with van der Waals surface area (Å²) in [6.45, 7) is 6.35. The summed E-state index contributed by atoms with van der Waals surface area (Å²) in [7, 11) is 0. The molecule has 2 aromatic heterocycles. The van der Waals surface area contributed by atoms with Gasteiger partial charge in [0.2, 0.25) is 5.91 Å². The monoisotopic (exact) mass is 433 g/mol. The fourth-order valence-corrected chi connectivity index (χ4v) is 5.03. The van der Waals surface area contributed by atoms with Gasteiger partial charge in [0.1, 0.15) is 16.2 Å². The molecule has 1 N–H and O–H groups in total. The van der Waals surface area contributed by atoms with Crippen molar-refractivity contribution in [1.82, 2.24) is 9.97 Å². The molecule has 0 unspecified atom stereocenters. The Kier molecular flexibility index (Phi) is 6.16. The lowest BCUT2D eigenvalue weighted by molar-refractivity contribution is -0.113. The van der Waals surface area contributed by atoms with Gasteiger partial charge < -0.3 is 5.32 Å². The Labute approximate surface area is 184 Å². The molecule has 0 radical (unpaired) electrons. The largest absolute Gasteiger partial charge is 0.325 e. The van der Waals surface area contributed by atoms with Crippen LogP contribution in [0.15, 0.2) is 59.2 Å². The number of thiophene rings is 1. The minimum Gasteiger partial charge on any atom is -0.325 e. The predicted octanol–water partition coefficient (Wildman–Crippen LogP) is 6.27. The van der Waals surface area contributed by atoms with Gasteiger partial charge in [-0.1, -0.05) is 49.0 Å². The second kappa shape index (κ2) is 8.98. The summed E-state index contributed by atoms with van der Waals surface area (Å²) in [5.74, 6) is 0.253. The lowest BCUT2D eigenvalue weighted by Gasteiger charge is -2.08. The van der Waals surface area contributed by atoms with Crippen LogP contribution in [0.1, 0.15) is 23.6 Å². The van der Waals surface area contributed by atoms with E-state index in [1.807, 2.05) is 24.3 Å². The van der Waals surface area contributed by atoms with Crippen LogP contribution in [0.4, 0.5) is 5.69 Å². The highest BCUT2D eigenvalue weighted by atomic mass is 32.2. The number of thioether (sulfide) groups is 1. The van der Waals surface area contributed by atoms with Crippen molar-refractivity contribution in [2.75, 3.05) is 11.1 Å². The number of nitrogens with one attached hydrogen (secondary N) is 1. The van der Waals surface area contributed by atoms with Gasteiger partial charge in [0.15, 0.2) is 0 Å². The number of aromatic nitrogens is 2. The molecule has 2 aromatic carbocycles. The van der Waals surface area contributed by atoms with Crippen molar-refractivity contribution in [3.05, 3.63) is 70.9 Å². The highest BCUT2D eigenvalue weighted by Crippen LogP contribution is 2.38. The Balaban J connectivity index is 1.54. The van der Waals surface area contributed by atoms with E-state index in [1.165, 1.54) is 28.5 Å². The minimum absolute atomic E-state index is 0.0426. The topological polar surface area (TPSA) is 54.9 Å². The highest BCUT2D eigenvalue weighted by Gasteiger charge is 2.15. The smallest absolute Gasteiger partial charge is 0.234 e. The van der Waals surface area contributed by atoms with Crippen LogP contribution in [0.3, 0.4) is 0 Å². The standard InChI is InChI=1S/C24H23N3OS2/c1-4-17-6-9-19(10-7-17)27-21(28)13-30-24-22-20(12-29-23(22)25-14-26-24)18-8-5-15(2)16(3)11-18/h5-12,14H,4,13H2,1-3H3,(H,27,28). The van der Waals surface area contributed by atoms with E-state index in [4.69, 9.17) is 0 Å². The zero-order chi connectivity index (χ0) is 21.1. The van der Waals surface area contributed by atoms with E-state index in [2.05, 4.69) is 59.6 Å². The molecule has 0 spiro atoms. The molecule has 4 aromatic rings. The van der Waals surface area contributed by atoms with E-state index in [1.54, 1.807) is 17.7 Å². The summed E-state index contributed by atoms with van der Waals surface area (Å²) >= 11 is 3.06. The Bertz CT molecular complexity index is 1200. The van der Waals surface area contributed by atoms with Crippen LogP contribution in [-0.2, 0) is 11.2 Å². The molecule has 0 aliphatic rings. The highest BCUT2D eigenvalue weighted by molar-refractivity contribution is 8.00. The van der Waals surface area contributed by atoms with Crippen molar-refractivity contribution in [3.8, 4) is 11.1 Å². The van der Waals surface area contributed by atoms with Crippen LogP contribution in [0, 0.1) is 13.8 Å². The first kappa shape index (κ1) is 20.6. The molecule has 0 saturated heterocycles. The second-order valence-corrected chi connectivity index (χ2v) is 9.02. The van der Waals surface area contributed by atoms with Crippen LogP contribution in [-0.4, -0.2) is 21.6 Å². The molecule has 4 nitrogen and oxygen atoms in total. The number of aryl methyl sites for hydroxylation is 3. The zero-order valence-corrected chi connectivity index (χ0v) is 18.9. The number of carbonyl (C=O) groups excluding carboxylic acids is 1. The van der Waals surface area contributed by atoms with Gasteiger partial charge >= 0.3 is 0 Å². The maximum atomic E-state index is 12.5. The maximum Gasteiger partial charge on any atom is 0.234 e. The summed E-state index contributed by atoms with van der Waals surface area (Å²) in [6, 6.07) is 14.4. The number of nitrogens with zero attached hydrogens (tertiary/aromatic N) is 2. The lowest BCUT2D eigenvalue weighted by atomic mass is 10.0. The molecule has 0 saturated carbocycles. The van der Waals surface area contributed by atoms with E-state index in [0.717, 1.165) is 38.5 Å². The van der Waals surface area contributed by atoms with Crippen LogP contribution < -0.4 is 5.32 Å². The summed E-state index contributed by atoms with van der Waals surface area (Å²) in [4.78, 5) is 22.3. The molecule has 0 aliphatic carbocycles. The average molecular weight is 434 g/mol. The Morgan fingerprint density at radius 1 is 1.07 bits per heavy atom. The van der Waals surface area contributed by atoms with Crippen molar-refractivity contribution < 1.29 is 4.79 Å². The molecule has 152 valence electrons. The first-order valence-corrected chi connectivity index (χ1v) is 11.7. The number of anilines is 1. The van der Waals surface area contributed by atoms with Crippen LogP contribution in [0.2, 0.25) is 0 Å². The van der Waals surface area contributed by atoms with Crippen molar-refractivity contribution in [2.24, 2.45) is 0 Å². The number of hydrogen-bond acceptors (Lipinski definition) is 5. The zero-order valence-electron chi connectivity index (χ0n) is 17.2. The molecule has 0 atom stereocenters. The Morgan fingerprint density at radius 3 is 2.60 bits per heavy atom. The predicted molar refractivity (Wildman–Crippen MR) is 127 cm³/mol. The Hall–Kier alpha value is -2.70. The lowest BCUT2D eigenvalue weighted by Crippen LogP contribution is -2.14. The molecule has 0 bridgehead atoms. The number of benzene rings is 2. The summed E-state index contributed by atoms with van der Waals surface area (Å²) in [5.41, 5.74) is 6.87. The van der Waals surface area contributed by atoms with E-state index in [0.29, 0.717) is 5.75 Å². The number of amides is 1. The van der Waals surface area contributed by atoms with E-state index in [-0.39, 0.29) is 5.91 Å². The second-order valence-electron chi connectivity index (χ2n) is 7.19. The molecular weight excluding hydrogens is 410 g/mol. The first-order valence-electron chi connectivity index (χ1n) is 9.86. The van der Waals surface area contributed by atoms with Crippen molar-refractivity contribution in [1.29, 1.82) is 0 Å². The first-order chi connectivity index (χ1) is 14.5. The third-order valence-electron chi connectivity index (χ3n) is 5.14.